The van der Waals surface area contributed by atoms with Gasteiger partial charge in [-0.25, -0.2) is 0 Å². The summed E-state index contributed by atoms with van der Waals surface area (Å²) in [4.78, 5) is 36.5. The van der Waals surface area contributed by atoms with Crippen LogP contribution in [0.5, 0.6) is 0 Å². The zero-order valence-corrected chi connectivity index (χ0v) is 19.3. The Morgan fingerprint density at radius 1 is 1.03 bits per heavy atom. The predicted octanol–water partition coefficient (Wildman–Crippen LogP) is 3.03. The summed E-state index contributed by atoms with van der Waals surface area (Å²) in [5, 5.41) is 5.63. The molecule has 0 fully saturated rings. The first-order valence-electron chi connectivity index (χ1n) is 9.19. The molecule has 0 aliphatic carbocycles. The molecule has 2 aromatic heterocycles. The van der Waals surface area contributed by atoms with E-state index in [4.69, 9.17) is 11.2 Å². The lowest BCUT2D eigenvalue weighted by atomic mass is 10.1. The monoisotopic (exact) mass is 436 g/mol. The van der Waals surface area contributed by atoms with Crippen LogP contribution in [0.3, 0.4) is 0 Å². The summed E-state index contributed by atoms with van der Waals surface area (Å²) in [6, 6.07) is 3.26. The van der Waals surface area contributed by atoms with Crippen molar-refractivity contribution < 1.29 is 14.4 Å². The van der Waals surface area contributed by atoms with E-state index in [9.17, 15) is 14.4 Å². The summed E-state index contributed by atoms with van der Waals surface area (Å²) in [6.45, 7) is 5.62. The highest BCUT2D eigenvalue weighted by atomic mass is 32.8. The number of carbonyl (C=O) groups excluding carboxylic acids is 3. The molecule has 1 atom stereocenters. The molecule has 2 rings (SSSR count). The molecule has 0 aliphatic heterocycles. The number of hydrogen-bond donors (Lipinski definition) is 2. The highest BCUT2D eigenvalue weighted by Gasteiger charge is 2.21. The molecule has 1 unspecified atom stereocenters. The van der Waals surface area contributed by atoms with Crippen molar-refractivity contribution in [3.05, 3.63) is 35.9 Å². The first kappa shape index (κ1) is 23.0. The van der Waals surface area contributed by atoms with Gasteiger partial charge in [0.05, 0.1) is 17.1 Å². The third-order valence-corrected chi connectivity index (χ3v) is 7.99. The topological polar surface area (TPSA) is 85.1 Å². The Labute approximate surface area is 178 Å². The van der Waals surface area contributed by atoms with Crippen molar-refractivity contribution >= 4 is 49.6 Å². The highest BCUT2D eigenvalue weighted by Crippen LogP contribution is 2.21. The summed E-state index contributed by atoms with van der Waals surface area (Å²) >= 11 is 5.35. The van der Waals surface area contributed by atoms with Gasteiger partial charge in [0.15, 0.2) is 5.78 Å². The molecule has 0 saturated carbocycles. The Morgan fingerprint density at radius 3 is 2.07 bits per heavy atom. The number of Topliss-reactive ketones (excluding diaryl/α,β-unsaturated/α-hetero) is 1. The molecule has 2 aromatic rings. The van der Waals surface area contributed by atoms with Gasteiger partial charge in [-0.2, -0.15) is 0 Å². The normalized spacial score (nSPS) is 12.5. The van der Waals surface area contributed by atoms with E-state index in [1.807, 2.05) is 6.26 Å². The number of aromatic nitrogens is 2. The zero-order chi connectivity index (χ0) is 21.9. The molecule has 0 bridgehead atoms. The molecule has 0 radical (unpaired) electrons. The summed E-state index contributed by atoms with van der Waals surface area (Å²) in [5.74, 6) is -0.507. The Balaban J connectivity index is 2.03. The first-order chi connectivity index (χ1) is 13.4. The van der Waals surface area contributed by atoms with Gasteiger partial charge in [0.1, 0.15) is 5.69 Å². The second-order valence-corrected chi connectivity index (χ2v) is 11.2. The van der Waals surface area contributed by atoms with E-state index in [1.54, 1.807) is 47.8 Å². The lowest BCUT2D eigenvalue weighted by molar-refractivity contribution is -0.116. The maximum Gasteiger partial charge on any atom is 0.272 e. The number of nitrogens with zero attached hydrogens (tertiary/aromatic N) is 2. The predicted molar refractivity (Wildman–Crippen MR) is 121 cm³/mol. The molecule has 0 aromatic carbocycles. The standard InChI is InChI=1S/C20H28N4O3S2/c1-13(25)16-9-15(12-23(16)4)22-19(27)17-10-14(11-24(17)5)21-18(26)7-8-20(2,3)29(6)28/h9-12H,7-8H2,1-6H3,(H,21,26)(H,22,27). The van der Waals surface area contributed by atoms with Gasteiger partial charge in [-0.1, -0.05) is 25.0 Å². The fourth-order valence-corrected chi connectivity index (χ4v) is 3.46. The van der Waals surface area contributed by atoms with Crippen LogP contribution in [0.1, 0.15) is 54.6 Å². The van der Waals surface area contributed by atoms with Crippen molar-refractivity contribution in [2.75, 3.05) is 16.9 Å². The van der Waals surface area contributed by atoms with Crippen LogP contribution in [-0.2, 0) is 39.5 Å². The Kier molecular flexibility index (Phi) is 7.18. The minimum atomic E-state index is -0.323. The number of amides is 2. The average molecular weight is 437 g/mol. The molecular formula is C20H28N4O3S2. The van der Waals surface area contributed by atoms with Crippen molar-refractivity contribution in [2.24, 2.45) is 14.1 Å². The van der Waals surface area contributed by atoms with Gasteiger partial charge >= 0.3 is 0 Å². The van der Waals surface area contributed by atoms with Crippen LogP contribution >= 0.6 is 0 Å². The molecule has 0 aliphatic rings. The number of aryl methyl sites for hydroxylation is 2. The molecule has 0 saturated heterocycles. The van der Waals surface area contributed by atoms with Crippen LogP contribution in [0, 0.1) is 0 Å². The van der Waals surface area contributed by atoms with Gasteiger partial charge < -0.3 is 19.8 Å². The number of rotatable bonds is 8. The van der Waals surface area contributed by atoms with E-state index < -0.39 is 0 Å². The van der Waals surface area contributed by atoms with Gasteiger partial charge in [-0.3, -0.25) is 14.4 Å². The lowest BCUT2D eigenvalue weighted by Crippen LogP contribution is -2.27. The number of ketones is 1. The Hall–Kier alpha value is -2.26. The summed E-state index contributed by atoms with van der Waals surface area (Å²) in [7, 11) is 3.29. The van der Waals surface area contributed by atoms with Crippen molar-refractivity contribution in [3.63, 3.8) is 0 Å². The maximum absolute atomic E-state index is 12.6. The molecule has 29 heavy (non-hydrogen) atoms. The van der Waals surface area contributed by atoms with Crippen LogP contribution in [0.4, 0.5) is 11.4 Å². The molecule has 158 valence electrons. The minimum Gasteiger partial charge on any atom is -0.346 e. The fraction of sp³-hybridized carbons (Fsp3) is 0.450. The van der Waals surface area contributed by atoms with Crippen LogP contribution in [0.25, 0.3) is 0 Å². The molecule has 2 heterocycles. The van der Waals surface area contributed by atoms with E-state index in [0.29, 0.717) is 35.6 Å². The lowest BCUT2D eigenvalue weighted by Gasteiger charge is -2.23. The van der Waals surface area contributed by atoms with Crippen LogP contribution in [0.2, 0.25) is 0 Å². The van der Waals surface area contributed by atoms with E-state index >= 15 is 0 Å². The molecule has 9 heteroatoms. The Bertz CT molecular complexity index is 973. The van der Waals surface area contributed by atoms with Crippen molar-refractivity contribution in [1.82, 2.24) is 9.13 Å². The smallest absolute Gasteiger partial charge is 0.272 e. The van der Waals surface area contributed by atoms with Gasteiger partial charge in [-0.05, 0) is 24.8 Å². The second-order valence-electron chi connectivity index (χ2n) is 7.72. The zero-order valence-electron chi connectivity index (χ0n) is 17.7. The SMILES string of the molecule is CC(=O)c1cc(NC(=O)c2cc(NC(=O)CCC(C)(C)S(C)=S)cn2C)cn1C. The molecule has 7 nitrogen and oxygen atoms in total. The van der Waals surface area contributed by atoms with Crippen LogP contribution in [-0.4, -0.2) is 37.7 Å². The largest absolute Gasteiger partial charge is 0.346 e. The van der Waals surface area contributed by atoms with Gasteiger partial charge in [0, 0.05) is 44.6 Å². The number of hydrogen-bond acceptors (Lipinski definition) is 4. The number of nitrogens with one attached hydrogen (secondary N) is 2. The molecule has 2 amide bonds. The van der Waals surface area contributed by atoms with Crippen LogP contribution in [0.15, 0.2) is 24.5 Å². The average Bonchev–Trinajstić information content (AvgIpc) is 3.15. The number of anilines is 2. The Morgan fingerprint density at radius 2 is 1.55 bits per heavy atom. The highest BCUT2D eigenvalue weighted by molar-refractivity contribution is 8.29. The molecule has 0 spiro atoms. The first-order valence-corrected chi connectivity index (χ1v) is 11.7. The van der Waals surface area contributed by atoms with E-state index in [2.05, 4.69) is 24.5 Å². The van der Waals surface area contributed by atoms with Gasteiger partial charge in [0.2, 0.25) is 5.91 Å². The minimum absolute atomic E-state index is 0.0667. The van der Waals surface area contributed by atoms with Crippen molar-refractivity contribution in [1.29, 1.82) is 0 Å². The fourth-order valence-electron chi connectivity index (χ4n) is 2.82. The summed E-state index contributed by atoms with van der Waals surface area (Å²) in [5.41, 5.74) is 2.01. The van der Waals surface area contributed by atoms with Gasteiger partial charge in [-0.15, -0.1) is 9.45 Å². The third-order valence-electron chi connectivity index (χ3n) is 4.88. The van der Waals surface area contributed by atoms with Crippen molar-refractivity contribution in [3.8, 4) is 0 Å². The van der Waals surface area contributed by atoms with Crippen LogP contribution < -0.4 is 10.6 Å². The summed E-state index contributed by atoms with van der Waals surface area (Å²) in [6.07, 6.45) is 6.45. The van der Waals surface area contributed by atoms with Crippen molar-refractivity contribution in [2.45, 2.75) is 38.4 Å². The molecule has 2 N–H and O–H groups in total. The quantitative estimate of drug-likeness (QED) is 0.623. The van der Waals surface area contributed by atoms with E-state index in [1.165, 1.54) is 6.92 Å². The van der Waals surface area contributed by atoms with E-state index in [0.717, 1.165) is 0 Å². The maximum atomic E-state index is 12.6. The third kappa shape index (κ3) is 5.86. The van der Waals surface area contributed by atoms with Gasteiger partial charge in [0.25, 0.3) is 5.91 Å². The number of carbonyl (C=O) groups is 3. The summed E-state index contributed by atoms with van der Waals surface area (Å²) < 4.78 is 3.25. The molecular weight excluding hydrogens is 408 g/mol. The second kappa shape index (κ2) is 9.04. The van der Waals surface area contributed by atoms with E-state index in [-0.39, 0.29) is 31.8 Å².